The van der Waals surface area contributed by atoms with E-state index in [0.29, 0.717) is 5.56 Å². The Hall–Kier alpha value is -3.06. The predicted molar refractivity (Wildman–Crippen MR) is 134 cm³/mol. The van der Waals surface area contributed by atoms with E-state index in [1.165, 1.54) is 47.1 Å². The van der Waals surface area contributed by atoms with Crippen LogP contribution in [-0.2, 0) is 12.8 Å². The summed E-state index contributed by atoms with van der Waals surface area (Å²) in [6, 6.07) is 21.8. The molecule has 0 fully saturated rings. The fourth-order valence-electron chi connectivity index (χ4n) is 4.04. The molecule has 33 heavy (non-hydrogen) atoms. The van der Waals surface area contributed by atoms with E-state index < -0.39 is 6.10 Å². The molecule has 0 unspecified atom stereocenters. The molecule has 0 amide bonds. The Balaban J connectivity index is 0.000000218. The molecule has 0 bridgehead atoms. The van der Waals surface area contributed by atoms with E-state index in [1.807, 2.05) is 0 Å². The van der Waals surface area contributed by atoms with Gasteiger partial charge in [-0.3, -0.25) is 0 Å². The summed E-state index contributed by atoms with van der Waals surface area (Å²) in [4.78, 5) is 4.77. The number of phenols is 2. The lowest BCUT2D eigenvalue weighted by Crippen LogP contribution is -2.23. The van der Waals surface area contributed by atoms with Crippen LogP contribution in [0.2, 0.25) is 0 Å². The molecule has 6 nitrogen and oxygen atoms in total. The second-order valence-electron chi connectivity index (χ2n) is 8.57. The number of hydrogen-bond acceptors (Lipinski definition) is 6. The normalized spacial score (nSPS) is 13.4. The lowest BCUT2D eigenvalue weighted by molar-refractivity contribution is 0.186. The number of aryl methyl sites for hydroxylation is 2. The number of anilines is 2. The zero-order valence-corrected chi connectivity index (χ0v) is 19.5. The molecule has 1 aliphatic heterocycles. The first-order chi connectivity index (χ1) is 15.9. The number of aliphatic hydroxyl groups excluding tert-OH is 1. The van der Waals surface area contributed by atoms with Crippen LogP contribution in [0.3, 0.4) is 0 Å². The van der Waals surface area contributed by atoms with Crippen molar-refractivity contribution in [3.05, 3.63) is 83.4 Å². The SMILES string of the molecule is CN(C)CCCN1c2ccccc2CCc2ccccc21.NC[C@H](O)c1ccc(O)c(O)c1. The molecule has 1 heterocycles. The van der Waals surface area contributed by atoms with Gasteiger partial charge in [-0.2, -0.15) is 0 Å². The molecule has 6 heteroatoms. The number of phenolic OH excluding ortho intramolecular Hbond substituents is 2. The van der Waals surface area contributed by atoms with Crippen molar-refractivity contribution in [3.63, 3.8) is 0 Å². The molecule has 3 aromatic rings. The van der Waals surface area contributed by atoms with E-state index in [4.69, 9.17) is 15.9 Å². The molecule has 0 saturated carbocycles. The van der Waals surface area contributed by atoms with Gasteiger partial charge in [0, 0.05) is 24.5 Å². The van der Waals surface area contributed by atoms with Gasteiger partial charge >= 0.3 is 0 Å². The predicted octanol–water partition coefficient (Wildman–Crippen LogP) is 3.96. The lowest BCUT2D eigenvalue weighted by Gasteiger charge is -2.27. The van der Waals surface area contributed by atoms with E-state index >= 15 is 0 Å². The third-order valence-corrected chi connectivity index (χ3v) is 5.82. The quantitative estimate of drug-likeness (QED) is 0.426. The maximum atomic E-state index is 9.23. The first-order valence-electron chi connectivity index (χ1n) is 11.4. The van der Waals surface area contributed by atoms with Gasteiger partial charge in [0.15, 0.2) is 11.5 Å². The van der Waals surface area contributed by atoms with Gasteiger partial charge in [-0.25, -0.2) is 0 Å². The van der Waals surface area contributed by atoms with Gasteiger partial charge in [0.25, 0.3) is 0 Å². The summed E-state index contributed by atoms with van der Waals surface area (Å²) in [5.41, 5.74) is 11.4. The summed E-state index contributed by atoms with van der Waals surface area (Å²) in [5.74, 6) is -0.456. The summed E-state index contributed by atoms with van der Waals surface area (Å²) in [7, 11) is 4.29. The Morgan fingerprint density at radius 2 is 1.45 bits per heavy atom. The van der Waals surface area contributed by atoms with Gasteiger partial charge in [0.2, 0.25) is 0 Å². The molecular weight excluding hydrogens is 414 g/mol. The standard InChI is InChI=1S/C19H24N2.C8H11NO3/c1-20(2)14-7-15-21-18-10-5-3-8-16(18)12-13-17-9-4-6-11-19(17)21;9-4-8(12)5-1-2-6(10)7(11)3-5/h3-6,8-11H,7,12-15H2,1-2H3;1-3,8,10-12H,4,9H2/t;8-/m.0/s1. The molecule has 5 N–H and O–H groups in total. The Bertz CT molecular complexity index is 991. The van der Waals surface area contributed by atoms with Crippen molar-refractivity contribution in [1.29, 1.82) is 0 Å². The van der Waals surface area contributed by atoms with E-state index in [0.717, 1.165) is 25.9 Å². The van der Waals surface area contributed by atoms with Gasteiger partial charge in [-0.05, 0) is 80.9 Å². The van der Waals surface area contributed by atoms with Crippen LogP contribution in [0.15, 0.2) is 66.7 Å². The first-order valence-corrected chi connectivity index (χ1v) is 11.4. The highest BCUT2D eigenvalue weighted by atomic mass is 16.3. The van der Waals surface area contributed by atoms with Crippen molar-refractivity contribution in [2.24, 2.45) is 5.73 Å². The third kappa shape index (κ3) is 6.48. The van der Waals surface area contributed by atoms with Crippen LogP contribution in [0.4, 0.5) is 11.4 Å². The molecule has 0 radical (unpaired) electrons. The minimum Gasteiger partial charge on any atom is -0.504 e. The first kappa shape index (κ1) is 24.6. The topological polar surface area (TPSA) is 93.2 Å². The van der Waals surface area contributed by atoms with Gasteiger partial charge in [-0.15, -0.1) is 0 Å². The Morgan fingerprint density at radius 3 is 1.97 bits per heavy atom. The van der Waals surface area contributed by atoms with Gasteiger partial charge in [0.05, 0.1) is 6.10 Å². The molecule has 0 aromatic heterocycles. The average molecular weight is 450 g/mol. The van der Waals surface area contributed by atoms with Crippen LogP contribution in [0.1, 0.15) is 29.2 Å². The minimum absolute atomic E-state index is 0.0875. The lowest BCUT2D eigenvalue weighted by atomic mass is 10.0. The van der Waals surface area contributed by atoms with E-state index in [9.17, 15) is 5.11 Å². The molecule has 0 aliphatic carbocycles. The monoisotopic (exact) mass is 449 g/mol. The van der Waals surface area contributed by atoms with Crippen LogP contribution < -0.4 is 10.6 Å². The Labute approximate surface area is 196 Å². The highest BCUT2D eigenvalue weighted by Crippen LogP contribution is 2.35. The molecule has 1 aliphatic rings. The van der Waals surface area contributed by atoms with Crippen LogP contribution in [-0.4, -0.2) is 53.9 Å². The highest BCUT2D eigenvalue weighted by Gasteiger charge is 2.19. The van der Waals surface area contributed by atoms with Gasteiger partial charge < -0.3 is 30.9 Å². The maximum absolute atomic E-state index is 9.23. The second-order valence-corrected chi connectivity index (χ2v) is 8.57. The van der Waals surface area contributed by atoms with Crippen LogP contribution in [0.5, 0.6) is 11.5 Å². The molecular formula is C27H35N3O3. The minimum atomic E-state index is -0.795. The van der Waals surface area contributed by atoms with Gasteiger partial charge in [0.1, 0.15) is 0 Å². The van der Waals surface area contributed by atoms with E-state index in [-0.39, 0.29) is 18.0 Å². The van der Waals surface area contributed by atoms with E-state index in [1.54, 1.807) is 0 Å². The average Bonchev–Trinajstić information content (AvgIpc) is 2.98. The summed E-state index contributed by atoms with van der Waals surface area (Å²) in [6.07, 6.45) is 2.65. The number of rotatable bonds is 6. The Kier molecular flexibility index (Phi) is 8.72. The van der Waals surface area contributed by atoms with Crippen LogP contribution >= 0.6 is 0 Å². The highest BCUT2D eigenvalue weighted by molar-refractivity contribution is 5.71. The van der Waals surface area contributed by atoms with Crippen molar-refractivity contribution in [2.75, 3.05) is 38.6 Å². The zero-order chi connectivity index (χ0) is 23.8. The molecule has 4 rings (SSSR count). The van der Waals surface area contributed by atoms with Crippen molar-refractivity contribution in [1.82, 2.24) is 4.90 Å². The number of benzene rings is 3. The number of aliphatic hydroxyl groups is 1. The molecule has 3 aromatic carbocycles. The number of fused-ring (bicyclic) bond motifs is 2. The van der Waals surface area contributed by atoms with Crippen molar-refractivity contribution in [2.45, 2.75) is 25.4 Å². The van der Waals surface area contributed by atoms with Crippen LogP contribution in [0, 0.1) is 0 Å². The molecule has 0 spiro atoms. The fourth-order valence-corrected chi connectivity index (χ4v) is 4.04. The number of nitrogens with two attached hydrogens (primary N) is 1. The van der Waals surface area contributed by atoms with Crippen LogP contribution in [0.25, 0.3) is 0 Å². The summed E-state index contributed by atoms with van der Waals surface area (Å²) in [6.45, 7) is 2.29. The second kappa shape index (κ2) is 11.7. The summed E-state index contributed by atoms with van der Waals surface area (Å²) >= 11 is 0. The van der Waals surface area contributed by atoms with Gasteiger partial charge in [-0.1, -0.05) is 42.5 Å². The van der Waals surface area contributed by atoms with Crippen molar-refractivity contribution in [3.8, 4) is 11.5 Å². The number of hydrogen-bond donors (Lipinski definition) is 4. The van der Waals surface area contributed by atoms with E-state index in [2.05, 4.69) is 72.4 Å². The smallest absolute Gasteiger partial charge is 0.157 e. The molecule has 176 valence electrons. The Morgan fingerprint density at radius 1 is 0.879 bits per heavy atom. The fraction of sp³-hybridized carbons (Fsp3) is 0.333. The molecule has 0 saturated heterocycles. The third-order valence-electron chi connectivity index (χ3n) is 5.82. The molecule has 1 atom stereocenters. The van der Waals surface area contributed by atoms with Crippen molar-refractivity contribution < 1.29 is 15.3 Å². The summed E-state index contributed by atoms with van der Waals surface area (Å²) < 4.78 is 0. The largest absolute Gasteiger partial charge is 0.504 e. The number of nitrogens with zero attached hydrogens (tertiary/aromatic N) is 2. The maximum Gasteiger partial charge on any atom is 0.157 e. The number of para-hydroxylation sites is 2. The van der Waals surface area contributed by atoms with Crippen molar-refractivity contribution >= 4 is 11.4 Å². The zero-order valence-electron chi connectivity index (χ0n) is 19.5. The summed E-state index contributed by atoms with van der Waals surface area (Å²) in [5, 5.41) is 27.2. The number of aromatic hydroxyl groups is 2.